The quantitative estimate of drug-likeness (QED) is 0.0693. The summed E-state index contributed by atoms with van der Waals surface area (Å²) in [6, 6.07) is 42.3. The standard InChI is InChI=1S/3C18H20N4S.C17H17BrN4S.C12H16N4S.C11H14N4S/c1-12-2-4-13(5-3-12)15-10-23-18-16(15)17(20-11-21-18)22-8-6-14(19)7-9-22;1-12-15(13-5-3-2-4-6-13)16-17(20-11-21-18(16)23-12)22-9-7-14(19)8-10-22;19-14-6-9-22(10-7-14)17-16-15(13-4-2-1-3-5-13)8-11-23-18(16)21-12-20-17;18-12-3-1-11(2-4-12)14-9-23-17-15(14)16(20-10-21-17)22-7-5-13(19)6-8-22;1-8-6-17-12-10(8)11(14-7-15-12)16-4-2-9(13)3-5-16;12-8-1-4-15(5-2-8)10-9-3-6-16-11(9)14-7-13-10/h2-5,10-11,14H,6-9,19H2,1H3;2-6,11,14H,7-10,19H2,1H3;1-5,8,12,14H,6-7,9-11,19H2;1-4,9-10,13H,5-8,19H2;6-7,9H,2-5,13H2,1H3;3,6-8H,1-2,4-5,12H2. The molecular weight excluding hydrogens is 1740 g/mol. The van der Waals surface area contributed by atoms with Crippen LogP contribution in [0.4, 0.5) is 34.9 Å². The van der Waals surface area contributed by atoms with Gasteiger partial charge >= 0.3 is 0 Å². The molecule has 31 heteroatoms. The second-order valence-electron chi connectivity index (χ2n) is 33.0. The summed E-state index contributed by atoms with van der Waals surface area (Å²) in [7, 11) is 0. The lowest BCUT2D eigenvalue weighted by Crippen LogP contribution is -2.40. The van der Waals surface area contributed by atoms with Crippen LogP contribution in [0.25, 0.3) is 90.0 Å². The van der Waals surface area contributed by atoms with E-state index in [1.807, 2.05) is 0 Å². The Balaban J connectivity index is 0.000000107. The molecule has 0 saturated carbocycles. The van der Waals surface area contributed by atoms with Crippen LogP contribution in [0.1, 0.15) is 104 Å². The van der Waals surface area contributed by atoms with Crippen LogP contribution in [-0.2, 0) is 0 Å². The maximum absolute atomic E-state index is 6.06. The number of nitrogens with zero attached hydrogens (tertiary/aromatic N) is 18. The van der Waals surface area contributed by atoms with Gasteiger partial charge in [0.1, 0.15) is 102 Å². The molecule has 0 unspecified atom stereocenters. The number of thiophene rings is 5. The van der Waals surface area contributed by atoms with Crippen molar-refractivity contribution >= 4 is 176 Å². The normalized spacial score (nSPS) is 17.1. The summed E-state index contributed by atoms with van der Waals surface area (Å²) in [5.74, 6) is 7.33. The van der Waals surface area contributed by atoms with Gasteiger partial charge in [-0.1, -0.05) is 125 Å². The number of nitrogens with two attached hydrogens (primary N) is 6. The van der Waals surface area contributed by atoms with Crippen molar-refractivity contribution in [1.29, 1.82) is 0 Å². The molecular formula is C94H107BrN24S6. The molecule has 0 spiro atoms. The fourth-order valence-corrected chi connectivity index (χ4v) is 22.9. The molecule has 0 bridgehead atoms. The summed E-state index contributed by atoms with van der Waals surface area (Å²) in [5, 5.41) is 15.6. The minimum absolute atomic E-state index is 0.317. The van der Waals surface area contributed by atoms with E-state index in [1.165, 1.54) is 87.6 Å². The van der Waals surface area contributed by atoms with E-state index < -0.39 is 0 Å². The van der Waals surface area contributed by atoms with Gasteiger partial charge in [0.15, 0.2) is 0 Å². The number of hydrogen-bond donors (Lipinski definition) is 6. The minimum atomic E-state index is 0.317. The third-order valence-electron chi connectivity index (χ3n) is 24.4. The second kappa shape index (κ2) is 40.9. The topological polar surface area (TPSA) is 330 Å². The zero-order chi connectivity index (χ0) is 85.9. The molecule has 0 radical (unpaired) electrons. The van der Waals surface area contributed by atoms with E-state index in [2.05, 4.69) is 269 Å². The molecule has 4 aromatic carbocycles. The van der Waals surface area contributed by atoms with Crippen LogP contribution >= 0.6 is 84.4 Å². The van der Waals surface area contributed by atoms with E-state index in [1.54, 1.807) is 106 Å². The molecule has 0 aliphatic carbocycles. The number of halogens is 1. The predicted molar refractivity (Wildman–Crippen MR) is 528 cm³/mol. The van der Waals surface area contributed by atoms with Crippen LogP contribution in [0.15, 0.2) is 190 Å². The van der Waals surface area contributed by atoms with Crippen LogP contribution in [0.3, 0.4) is 0 Å². The molecule has 125 heavy (non-hydrogen) atoms. The molecule has 22 rings (SSSR count). The van der Waals surface area contributed by atoms with Crippen molar-refractivity contribution in [3.05, 3.63) is 212 Å². The SMILES string of the molecule is Cc1ccc(-c2csc3ncnc(N4CCC(N)CC4)c23)cc1.Cc1csc2ncnc(N3CCC(N)CC3)c12.Cc1sc2ncnc(N3CCC(N)CC3)c2c1-c1ccccc1.NC1CCN(c2ncnc3c2C(c2ccccc2)=CCS3)CC1.NC1CCN(c2ncnc3scc(-c4ccc(Br)cc4)c23)CC1.NC1CCN(c2ncnc3sccc23)CC1. The number of hydrogen-bond acceptors (Lipinski definition) is 30. The monoisotopic (exact) mass is 1840 g/mol. The maximum atomic E-state index is 6.06. The molecule has 646 valence electrons. The van der Waals surface area contributed by atoms with Crippen LogP contribution in [-0.4, -0.2) is 180 Å². The number of piperidine rings is 6. The van der Waals surface area contributed by atoms with Gasteiger partial charge in [-0.25, -0.2) is 59.8 Å². The Morgan fingerprint density at radius 1 is 0.328 bits per heavy atom. The Labute approximate surface area is 762 Å². The fourth-order valence-electron chi connectivity index (χ4n) is 17.3. The molecule has 12 N–H and O–H groups in total. The van der Waals surface area contributed by atoms with Gasteiger partial charge in [-0.05, 0) is 160 Å². The van der Waals surface area contributed by atoms with E-state index in [9.17, 15) is 0 Å². The van der Waals surface area contributed by atoms with Crippen molar-refractivity contribution < 1.29 is 0 Å². The van der Waals surface area contributed by atoms with E-state index in [4.69, 9.17) is 34.4 Å². The summed E-state index contributed by atoms with van der Waals surface area (Å²) in [5.41, 5.74) is 49.7. The molecule has 0 amide bonds. The Hall–Kier alpha value is -9.71. The van der Waals surface area contributed by atoms with Crippen molar-refractivity contribution in [1.82, 2.24) is 59.8 Å². The summed E-state index contributed by atoms with van der Waals surface area (Å²) in [4.78, 5) is 74.7. The average molecular weight is 1850 g/mol. The molecule has 18 heterocycles. The van der Waals surface area contributed by atoms with Crippen molar-refractivity contribution in [2.24, 2.45) is 34.4 Å². The highest BCUT2D eigenvalue weighted by atomic mass is 79.9. The zero-order valence-electron chi connectivity index (χ0n) is 70.8. The first-order valence-corrected chi connectivity index (χ1v) is 49.4. The third-order valence-corrected chi connectivity index (χ3v) is 30.4. The Morgan fingerprint density at radius 3 is 1.17 bits per heavy atom. The molecule has 11 aromatic heterocycles. The van der Waals surface area contributed by atoms with E-state index in [-0.39, 0.29) is 0 Å². The Bertz CT molecular complexity index is 5960. The number of aryl methyl sites for hydroxylation is 3. The lowest BCUT2D eigenvalue weighted by Gasteiger charge is -2.33. The summed E-state index contributed by atoms with van der Waals surface area (Å²) >= 11 is 13.8. The van der Waals surface area contributed by atoms with Gasteiger partial charge in [-0.3, -0.25) is 0 Å². The van der Waals surface area contributed by atoms with Crippen molar-refractivity contribution in [3.63, 3.8) is 0 Å². The number of rotatable bonds is 10. The van der Waals surface area contributed by atoms with Gasteiger partial charge in [0.2, 0.25) is 0 Å². The van der Waals surface area contributed by atoms with Gasteiger partial charge < -0.3 is 63.8 Å². The molecule has 6 fully saturated rings. The first-order chi connectivity index (χ1) is 61.1. The number of benzene rings is 4. The summed E-state index contributed by atoms with van der Waals surface area (Å²) in [6.07, 6.45) is 24.7. The van der Waals surface area contributed by atoms with E-state index in [0.717, 1.165) is 235 Å². The lowest BCUT2D eigenvalue weighted by atomic mass is 9.97. The molecule has 7 aliphatic heterocycles. The van der Waals surface area contributed by atoms with Gasteiger partial charge in [0.05, 0.1) is 32.5 Å². The van der Waals surface area contributed by atoms with Crippen LogP contribution in [0, 0.1) is 20.8 Å². The molecule has 6 saturated heterocycles. The van der Waals surface area contributed by atoms with Gasteiger partial charge in [-0.15, -0.1) is 68.4 Å². The first-order valence-electron chi connectivity index (χ1n) is 43.3. The Kier molecular flexibility index (Phi) is 28.6. The molecule has 15 aromatic rings. The van der Waals surface area contributed by atoms with Gasteiger partial charge in [-0.2, -0.15) is 0 Å². The van der Waals surface area contributed by atoms with E-state index >= 15 is 0 Å². The highest BCUT2D eigenvalue weighted by Crippen LogP contribution is 2.46. The summed E-state index contributed by atoms with van der Waals surface area (Å²) < 4.78 is 1.09. The van der Waals surface area contributed by atoms with Crippen molar-refractivity contribution in [2.75, 3.05) is 114 Å². The predicted octanol–water partition coefficient (Wildman–Crippen LogP) is 17.7. The highest BCUT2D eigenvalue weighted by Gasteiger charge is 2.31. The van der Waals surface area contributed by atoms with Gasteiger partial charge in [0.25, 0.3) is 0 Å². The van der Waals surface area contributed by atoms with Crippen molar-refractivity contribution in [2.45, 2.75) is 139 Å². The third kappa shape index (κ3) is 20.5. The first kappa shape index (κ1) is 87.4. The van der Waals surface area contributed by atoms with Crippen molar-refractivity contribution in [3.8, 4) is 33.4 Å². The Morgan fingerprint density at radius 2 is 0.696 bits per heavy atom. The largest absolute Gasteiger partial charge is 0.356 e. The summed E-state index contributed by atoms with van der Waals surface area (Å²) in [6.45, 7) is 18.2. The zero-order valence-corrected chi connectivity index (χ0v) is 77.3. The lowest BCUT2D eigenvalue weighted by molar-refractivity contribution is 0.498. The highest BCUT2D eigenvalue weighted by molar-refractivity contribution is 9.10. The smallest absolute Gasteiger partial charge is 0.141 e. The van der Waals surface area contributed by atoms with Crippen LogP contribution in [0.2, 0.25) is 0 Å². The molecule has 7 aliphatic rings. The number of anilines is 6. The van der Waals surface area contributed by atoms with Gasteiger partial charge in [0, 0.05) is 157 Å². The van der Waals surface area contributed by atoms with Crippen LogP contribution in [0.5, 0.6) is 0 Å². The molecule has 24 nitrogen and oxygen atoms in total. The van der Waals surface area contributed by atoms with E-state index in [0.29, 0.717) is 36.3 Å². The maximum Gasteiger partial charge on any atom is 0.141 e. The number of thioether (sulfide) groups is 1. The molecule has 0 atom stereocenters. The van der Waals surface area contributed by atoms with Crippen LogP contribution < -0.4 is 63.8 Å². The number of fused-ring (bicyclic) bond motifs is 6. The fraction of sp³-hybridized carbons (Fsp3) is 0.362. The minimum Gasteiger partial charge on any atom is -0.356 e. The second-order valence-corrected chi connectivity index (χ2v) is 39.6. The average Bonchev–Trinajstić information content (AvgIpc) is 1.70. The number of aromatic nitrogens is 12.